The molecule has 2 saturated heterocycles. The van der Waals surface area contributed by atoms with E-state index in [1.54, 1.807) is 12.4 Å². The van der Waals surface area contributed by atoms with Gasteiger partial charge in [0.2, 0.25) is 11.8 Å². The maximum atomic E-state index is 12.4. The van der Waals surface area contributed by atoms with Crippen LogP contribution in [0, 0.1) is 5.92 Å². The summed E-state index contributed by atoms with van der Waals surface area (Å²) >= 11 is 0. The summed E-state index contributed by atoms with van der Waals surface area (Å²) in [4.78, 5) is 28.2. The summed E-state index contributed by atoms with van der Waals surface area (Å²) in [7, 11) is 0. The van der Waals surface area contributed by atoms with Crippen molar-refractivity contribution in [2.75, 3.05) is 13.1 Å². The minimum atomic E-state index is -0.692. The van der Waals surface area contributed by atoms with Crippen LogP contribution in [0.4, 0.5) is 0 Å². The van der Waals surface area contributed by atoms with Gasteiger partial charge in [0.1, 0.15) is 0 Å². The second kappa shape index (κ2) is 4.74. The first-order valence-electron chi connectivity index (χ1n) is 6.69. The smallest absolute Gasteiger partial charge is 0.238 e. The van der Waals surface area contributed by atoms with Crippen molar-refractivity contribution in [3.8, 4) is 0 Å². The summed E-state index contributed by atoms with van der Waals surface area (Å²) in [5, 5.41) is 5.79. The Kier molecular flexibility index (Phi) is 3.06. The number of carbonyl (C=O) groups is 2. The molecule has 3 rings (SSSR count). The van der Waals surface area contributed by atoms with E-state index in [1.807, 2.05) is 12.1 Å². The third kappa shape index (κ3) is 1.94. The molecule has 19 heavy (non-hydrogen) atoms. The van der Waals surface area contributed by atoms with E-state index < -0.39 is 5.41 Å². The standard InChI is InChI=1S/C14H17N3O2/c18-12-9-14(13(19)17-12,10-1-5-15-6-2-10)11-3-7-16-8-4-11/h1-2,5-6,11,16H,3-4,7-9H2,(H,17,18,19). The number of hydrogen-bond donors (Lipinski definition) is 2. The van der Waals surface area contributed by atoms with Crippen LogP contribution in [0.3, 0.4) is 0 Å². The Bertz CT molecular complexity index is 497. The number of carbonyl (C=O) groups excluding carboxylic acids is 2. The molecule has 2 aliphatic heterocycles. The molecule has 100 valence electrons. The summed E-state index contributed by atoms with van der Waals surface area (Å²) in [6.45, 7) is 1.80. The van der Waals surface area contributed by atoms with Crippen molar-refractivity contribution < 1.29 is 9.59 Å². The Hall–Kier alpha value is -1.75. The SMILES string of the molecule is O=C1CC(c2ccncc2)(C2CCNCC2)C(=O)N1. The van der Waals surface area contributed by atoms with Gasteiger partial charge < -0.3 is 5.32 Å². The number of hydrogen-bond acceptors (Lipinski definition) is 4. The Morgan fingerprint density at radius 2 is 1.84 bits per heavy atom. The van der Waals surface area contributed by atoms with Gasteiger partial charge in [0.05, 0.1) is 5.41 Å². The van der Waals surface area contributed by atoms with E-state index in [0.717, 1.165) is 31.5 Å². The molecule has 0 aromatic carbocycles. The lowest BCUT2D eigenvalue weighted by Crippen LogP contribution is -2.46. The van der Waals surface area contributed by atoms with Gasteiger partial charge in [-0.1, -0.05) is 0 Å². The maximum Gasteiger partial charge on any atom is 0.238 e. The van der Waals surface area contributed by atoms with Gasteiger partial charge in [0.15, 0.2) is 0 Å². The molecule has 1 aromatic rings. The van der Waals surface area contributed by atoms with Crippen molar-refractivity contribution in [3.63, 3.8) is 0 Å². The zero-order valence-electron chi connectivity index (χ0n) is 10.7. The van der Waals surface area contributed by atoms with Crippen molar-refractivity contribution >= 4 is 11.8 Å². The van der Waals surface area contributed by atoms with Gasteiger partial charge in [-0.25, -0.2) is 0 Å². The molecule has 0 saturated carbocycles. The van der Waals surface area contributed by atoms with E-state index in [0.29, 0.717) is 0 Å². The van der Waals surface area contributed by atoms with Gasteiger partial charge in [0, 0.05) is 18.8 Å². The highest BCUT2D eigenvalue weighted by atomic mass is 16.2. The molecule has 3 heterocycles. The van der Waals surface area contributed by atoms with Crippen molar-refractivity contribution in [1.29, 1.82) is 0 Å². The van der Waals surface area contributed by atoms with Crippen LogP contribution in [-0.2, 0) is 15.0 Å². The summed E-state index contributed by atoms with van der Waals surface area (Å²) < 4.78 is 0. The fourth-order valence-electron chi connectivity index (χ4n) is 3.38. The molecule has 2 N–H and O–H groups in total. The topological polar surface area (TPSA) is 71.1 Å². The maximum absolute atomic E-state index is 12.4. The van der Waals surface area contributed by atoms with Gasteiger partial charge in [-0.3, -0.25) is 19.9 Å². The van der Waals surface area contributed by atoms with Crippen molar-refractivity contribution in [2.45, 2.75) is 24.7 Å². The van der Waals surface area contributed by atoms with Crippen LogP contribution in [-0.4, -0.2) is 29.9 Å². The lowest BCUT2D eigenvalue weighted by molar-refractivity contribution is -0.127. The molecule has 2 aliphatic rings. The van der Waals surface area contributed by atoms with E-state index in [4.69, 9.17) is 0 Å². The molecular weight excluding hydrogens is 242 g/mol. The summed E-state index contributed by atoms with van der Waals surface area (Å²) in [6, 6.07) is 3.72. The van der Waals surface area contributed by atoms with Gasteiger partial charge in [-0.05, 0) is 49.5 Å². The number of rotatable bonds is 2. The van der Waals surface area contributed by atoms with E-state index in [1.165, 1.54) is 0 Å². The number of amides is 2. The second-order valence-corrected chi connectivity index (χ2v) is 5.29. The summed E-state index contributed by atoms with van der Waals surface area (Å²) in [5.74, 6) is -0.0986. The van der Waals surface area contributed by atoms with Crippen LogP contribution in [0.1, 0.15) is 24.8 Å². The number of nitrogens with one attached hydrogen (secondary N) is 2. The third-order valence-electron chi connectivity index (χ3n) is 4.33. The van der Waals surface area contributed by atoms with Crippen molar-refractivity contribution in [1.82, 2.24) is 15.6 Å². The average Bonchev–Trinajstić information content (AvgIpc) is 2.76. The van der Waals surface area contributed by atoms with Crippen LogP contribution in [0.2, 0.25) is 0 Å². The normalized spacial score (nSPS) is 28.4. The molecule has 0 bridgehead atoms. The molecule has 0 radical (unpaired) electrons. The monoisotopic (exact) mass is 259 g/mol. The number of piperidine rings is 1. The Balaban J connectivity index is 2.05. The second-order valence-electron chi connectivity index (χ2n) is 5.29. The number of nitrogens with zero attached hydrogens (tertiary/aromatic N) is 1. The first-order valence-corrected chi connectivity index (χ1v) is 6.69. The van der Waals surface area contributed by atoms with Gasteiger partial charge in [-0.2, -0.15) is 0 Å². The molecule has 2 fully saturated rings. The lowest BCUT2D eigenvalue weighted by atomic mass is 9.66. The molecule has 1 unspecified atom stereocenters. The highest BCUT2D eigenvalue weighted by molar-refractivity contribution is 6.09. The van der Waals surface area contributed by atoms with E-state index in [2.05, 4.69) is 15.6 Å². The fraction of sp³-hybridized carbons (Fsp3) is 0.500. The fourth-order valence-corrected chi connectivity index (χ4v) is 3.38. The number of aromatic nitrogens is 1. The van der Waals surface area contributed by atoms with Crippen LogP contribution in [0.5, 0.6) is 0 Å². The highest BCUT2D eigenvalue weighted by Crippen LogP contribution is 2.43. The largest absolute Gasteiger partial charge is 0.317 e. The third-order valence-corrected chi connectivity index (χ3v) is 4.33. The number of imide groups is 1. The van der Waals surface area contributed by atoms with Crippen molar-refractivity contribution in [2.24, 2.45) is 5.92 Å². The first-order chi connectivity index (χ1) is 9.23. The molecular formula is C14H17N3O2. The van der Waals surface area contributed by atoms with Crippen molar-refractivity contribution in [3.05, 3.63) is 30.1 Å². The summed E-state index contributed by atoms with van der Waals surface area (Å²) in [5.41, 5.74) is 0.222. The van der Waals surface area contributed by atoms with E-state index in [9.17, 15) is 9.59 Å². The molecule has 0 spiro atoms. The Morgan fingerprint density at radius 3 is 2.42 bits per heavy atom. The molecule has 5 nitrogen and oxygen atoms in total. The minimum Gasteiger partial charge on any atom is -0.317 e. The van der Waals surface area contributed by atoms with Gasteiger partial charge in [-0.15, -0.1) is 0 Å². The molecule has 2 amide bonds. The predicted octanol–water partition coefficient (Wildman–Crippen LogP) is 0.365. The van der Waals surface area contributed by atoms with E-state index in [-0.39, 0.29) is 24.2 Å². The minimum absolute atomic E-state index is 0.143. The average molecular weight is 259 g/mol. The highest BCUT2D eigenvalue weighted by Gasteiger charge is 2.53. The van der Waals surface area contributed by atoms with Crippen LogP contribution in [0.15, 0.2) is 24.5 Å². The summed E-state index contributed by atoms with van der Waals surface area (Å²) in [6.07, 6.45) is 5.48. The predicted molar refractivity (Wildman–Crippen MR) is 69.3 cm³/mol. The van der Waals surface area contributed by atoms with E-state index >= 15 is 0 Å². The number of pyridine rings is 1. The molecule has 1 aromatic heterocycles. The Morgan fingerprint density at radius 1 is 1.16 bits per heavy atom. The first kappa shape index (κ1) is 12.3. The lowest BCUT2D eigenvalue weighted by Gasteiger charge is -2.37. The molecule has 1 atom stereocenters. The molecule has 0 aliphatic carbocycles. The van der Waals surface area contributed by atoms with Crippen LogP contribution < -0.4 is 10.6 Å². The quantitative estimate of drug-likeness (QED) is 0.753. The zero-order valence-corrected chi connectivity index (χ0v) is 10.7. The van der Waals surface area contributed by atoms with Gasteiger partial charge >= 0.3 is 0 Å². The van der Waals surface area contributed by atoms with Crippen LogP contribution in [0.25, 0.3) is 0 Å². The molecule has 5 heteroatoms. The Labute approximate surface area is 111 Å². The zero-order chi connectivity index (χ0) is 13.3. The van der Waals surface area contributed by atoms with Crippen LogP contribution >= 0.6 is 0 Å². The van der Waals surface area contributed by atoms with Gasteiger partial charge in [0.25, 0.3) is 0 Å².